The third-order valence-electron chi connectivity index (χ3n) is 4.11. The van der Waals surface area contributed by atoms with Crippen molar-refractivity contribution in [3.8, 4) is 0 Å². The van der Waals surface area contributed by atoms with Crippen molar-refractivity contribution in [1.82, 2.24) is 9.55 Å². The van der Waals surface area contributed by atoms with Crippen LogP contribution in [0, 0.1) is 5.82 Å². The topological polar surface area (TPSA) is 93.6 Å². The molecule has 3 rings (SSSR count). The highest BCUT2D eigenvalue weighted by Crippen LogP contribution is 2.29. The van der Waals surface area contributed by atoms with Crippen LogP contribution in [0.4, 0.5) is 4.39 Å². The Kier molecular flexibility index (Phi) is 5.77. The zero-order chi connectivity index (χ0) is 18.5. The van der Waals surface area contributed by atoms with Crippen LogP contribution in [0.5, 0.6) is 0 Å². The average molecular weight is 362 g/mol. The molecule has 0 radical (unpaired) electrons. The van der Waals surface area contributed by atoms with Gasteiger partial charge in [-0.2, -0.15) is 4.39 Å². The summed E-state index contributed by atoms with van der Waals surface area (Å²) in [5.41, 5.74) is -0.824. The van der Waals surface area contributed by atoms with Gasteiger partial charge in [-0.25, -0.2) is 4.79 Å². The molecule has 2 heterocycles. The first-order valence-corrected chi connectivity index (χ1v) is 8.19. The van der Waals surface area contributed by atoms with Gasteiger partial charge in [-0.3, -0.25) is 14.3 Å². The number of hydrogen-bond acceptors (Lipinski definition) is 5. The van der Waals surface area contributed by atoms with E-state index in [4.69, 9.17) is 9.47 Å². The molecule has 0 spiro atoms. The summed E-state index contributed by atoms with van der Waals surface area (Å²) in [6.07, 6.45) is 2.85. The van der Waals surface area contributed by atoms with Crippen LogP contribution in [-0.4, -0.2) is 40.1 Å². The van der Waals surface area contributed by atoms with Crippen molar-refractivity contribution in [1.29, 1.82) is 0 Å². The number of hydrogen-bond donors (Lipinski definition) is 2. The highest BCUT2D eigenvalue weighted by Gasteiger charge is 2.37. The Bertz CT molecular complexity index is 877. The van der Waals surface area contributed by atoms with E-state index in [1.807, 2.05) is 47.5 Å². The number of nitrogens with zero attached hydrogens (tertiary/aromatic N) is 1. The number of benzene rings is 1. The smallest absolute Gasteiger partial charge is 0.330 e. The Morgan fingerprint density at radius 2 is 2.12 bits per heavy atom. The van der Waals surface area contributed by atoms with Gasteiger partial charge < -0.3 is 14.6 Å². The van der Waals surface area contributed by atoms with Gasteiger partial charge in [0.1, 0.15) is 12.3 Å². The lowest BCUT2D eigenvalue weighted by atomic mass is 10.2. The van der Waals surface area contributed by atoms with Gasteiger partial charge in [0.25, 0.3) is 5.56 Å². The summed E-state index contributed by atoms with van der Waals surface area (Å²) < 4.78 is 25.7. The minimum absolute atomic E-state index is 0.246. The molecule has 1 aliphatic rings. The fraction of sp³-hybridized carbons (Fsp3) is 0.333. The monoisotopic (exact) mass is 362 g/mol. The molecule has 26 heavy (non-hydrogen) atoms. The maximum atomic E-state index is 13.4. The summed E-state index contributed by atoms with van der Waals surface area (Å²) in [7, 11) is 0. The largest absolute Gasteiger partial charge is 0.394 e. The van der Waals surface area contributed by atoms with Crippen molar-refractivity contribution in [2.24, 2.45) is 0 Å². The van der Waals surface area contributed by atoms with Gasteiger partial charge in [0.15, 0.2) is 0 Å². The lowest BCUT2D eigenvalue weighted by molar-refractivity contribution is -0.0583. The molecule has 8 heteroatoms. The number of ether oxygens (including phenoxy) is 2. The molecule has 1 fully saturated rings. The van der Waals surface area contributed by atoms with Crippen LogP contribution in [0.15, 0.2) is 52.2 Å². The first kappa shape index (κ1) is 18.2. The quantitative estimate of drug-likeness (QED) is 0.801. The number of halogens is 1. The molecule has 3 atom stereocenters. The van der Waals surface area contributed by atoms with Crippen molar-refractivity contribution in [3.63, 3.8) is 0 Å². The zero-order valence-corrected chi connectivity index (χ0v) is 13.9. The van der Waals surface area contributed by atoms with Gasteiger partial charge in [-0.05, 0) is 5.56 Å². The van der Waals surface area contributed by atoms with E-state index in [1.165, 1.54) is 0 Å². The summed E-state index contributed by atoms with van der Waals surface area (Å²) in [4.78, 5) is 24.9. The molecule has 1 unspecified atom stereocenters. The first-order valence-electron chi connectivity index (χ1n) is 8.19. The summed E-state index contributed by atoms with van der Waals surface area (Å²) in [5.74, 6) is -1.08. The Labute approximate surface area is 148 Å². The number of aromatic nitrogens is 2. The van der Waals surface area contributed by atoms with Crippen LogP contribution in [0.3, 0.4) is 0 Å². The molecule has 0 amide bonds. The number of rotatable bonds is 6. The fourth-order valence-electron chi connectivity index (χ4n) is 2.81. The van der Waals surface area contributed by atoms with Crippen LogP contribution in [0.2, 0.25) is 0 Å². The Hall–Kier alpha value is -2.55. The predicted octanol–water partition coefficient (Wildman–Crippen LogP) is 1.05. The van der Waals surface area contributed by atoms with Gasteiger partial charge >= 0.3 is 5.69 Å². The van der Waals surface area contributed by atoms with Crippen molar-refractivity contribution >= 4 is 6.08 Å². The van der Waals surface area contributed by atoms with Crippen LogP contribution in [0.25, 0.3) is 6.08 Å². The summed E-state index contributed by atoms with van der Waals surface area (Å²) in [6, 6.07) is 9.70. The summed E-state index contributed by atoms with van der Waals surface area (Å²) >= 11 is 0. The van der Waals surface area contributed by atoms with E-state index in [2.05, 4.69) is 0 Å². The number of nitrogens with one attached hydrogen (secondary N) is 1. The third-order valence-corrected chi connectivity index (χ3v) is 4.11. The minimum atomic E-state index is -1.08. The molecule has 0 aliphatic carbocycles. The molecule has 1 aromatic carbocycles. The fourth-order valence-corrected chi connectivity index (χ4v) is 2.81. The molecule has 0 bridgehead atoms. The highest BCUT2D eigenvalue weighted by atomic mass is 19.1. The third kappa shape index (κ3) is 4.16. The molecule has 1 saturated heterocycles. The van der Waals surface area contributed by atoms with Crippen LogP contribution >= 0.6 is 0 Å². The molecular weight excluding hydrogens is 343 g/mol. The molecule has 0 saturated carbocycles. The Morgan fingerprint density at radius 3 is 2.85 bits per heavy atom. The van der Waals surface area contributed by atoms with E-state index in [-0.39, 0.29) is 13.0 Å². The van der Waals surface area contributed by atoms with E-state index >= 15 is 0 Å². The molecule has 1 aromatic heterocycles. The molecule has 1 aliphatic heterocycles. The summed E-state index contributed by atoms with van der Waals surface area (Å²) in [6.45, 7) is -0.00875. The van der Waals surface area contributed by atoms with E-state index in [1.54, 1.807) is 0 Å². The number of aromatic amines is 1. The molecule has 2 N–H and O–H groups in total. The molecular formula is C18H19FN2O5. The first-order chi connectivity index (χ1) is 12.6. The average Bonchev–Trinajstić information content (AvgIpc) is 3.05. The van der Waals surface area contributed by atoms with Crippen molar-refractivity contribution < 1.29 is 19.0 Å². The SMILES string of the molecule is O=c1[nH]c(=O)n([C@@H]2CC(OC/C=C/c3ccccc3)[C@H](CO)O2)cc1F. The van der Waals surface area contributed by atoms with Crippen LogP contribution in [0.1, 0.15) is 18.2 Å². The van der Waals surface area contributed by atoms with E-state index < -0.39 is 35.5 Å². The van der Waals surface area contributed by atoms with Crippen molar-refractivity contribution in [2.75, 3.05) is 13.2 Å². The maximum Gasteiger partial charge on any atom is 0.330 e. The second kappa shape index (κ2) is 8.22. The van der Waals surface area contributed by atoms with Gasteiger partial charge in [0.2, 0.25) is 5.82 Å². The van der Waals surface area contributed by atoms with Crippen molar-refractivity contribution in [3.05, 3.63) is 74.8 Å². The second-order valence-electron chi connectivity index (χ2n) is 5.88. The lowest BCUT2D eigenvalue weighted by Gasteiger charge is -2.15. The normalized spacial score (nSPS) is 22.9. The molecule has 7 nitrogen and oxygen atoms in total. The zero-order valence-electron chi connectivity index (χ0n) is 13.9. The van der Waals surface area contributed by atoms with Crippen molar-refractivity contribution in [2.45, 2.75) is 24.9 Å². The van der Waals surface area contributed by atoms with E-state index in [0.717, 1.165) is 16.3 Å². The Morgan fingerprint density at radius 1 is 1.35 bits per heavy atom. The minimum Gasteiger partial charge on any atom is -0.394 e. The van der Waals surface area contributed by atoms with Gasteiger partial charge in [-0.15, -0.1) is 0 Å². The highest BCUT2D eigenvalue weighted by molar-refractivity contribution is 5.48. The second-order valence-corrected chi connectivity index (χ2v) is 5.88. The van der Waals surface area contributed by atoms with E-state index in [9.17, 15) is 19.1 Å². The lowest BCUT2D eigenvalue weighted by Crippen LogP contribution is -2.34. The summed E-state index contributed by atoms with van der Waals surface area (Å²) in [5, 5.41) is 9.46. The Balaban J connectivity index is 1.64. The number of H-pyrrole nitrogens is 1. The van der Waals surface area contributed by atoms with E-state index in [0.29, 0.717) is 6.61 Å². The molecule has 138 valence electrons. The van der Waals surface area contributed by atoms with Crippen LogP contribution in [-0.2, 0) is 9.47 Å². The van der Waals surface area contributed by atoms with Gasteiger partial charge in [-0.1, -0.05) is 42.5 Å². The predicted molar refractivity (Wildman–Crippen MR) is 92.1 cm³/mol. The number of aliphatic hydroxyl groups is 1. The van der Waals surface area contributed by atoms with Crippen LogP contribution < -0.4 is 11.2 Å². The number of aliphatic hydroxyl groups excluding tert-OH is 1. The maximum absolute atomic E-state index is 13.4. The molecule has 2 aromatic rings. The van der Waals surface area contributed by atoms with Gasteiger partial charge in [0, 0.05) is 6.42 Å². The standard InChI is InChI=1S/C18H19FN2O5/c19-13-10-21(18(24)20-17(13)23)16-9-14(15(11-22)26-16)25-8-4-7-12-5-2-1-3-6-12/h1-7,10,14-16,22H,8-9,11H2,(H,20,23,24)/b7-4+/t14?,15-,16-/m0/s1. The van der Waals surface area contributed by atoms with Gasteiger partial charge in [0.05, 0.1) is 25.5 Å².